The van der Waals surface area contributed by atoms with Crippen molar-refractivity contribution in [3.63, 3.8) is 0 Å². The minimum Gasteiger partial charge on any atom is -0.423 e. The highest BCUT2D eigenvalue weighted by Crippen LogP contribution is 2.40. The Labute approximate surface area is 162 Å². The van der Waals surface area contributed by atoms with Crippen molar-refractivity contribution in [1.82, 2.24) is 0 Å². The van der Waals surface area contributed by atoms with Gasteiger partial charge in [-0.1, -0.05) is 42.5 Å². The second kappa shape index (κ2) is 6.60. The summed E-state index contributed by atoms with van der Waals surface area (Å²) in [4.78, 5) is 39.2. The third kappa shape index (κ3) is 2.76. The van der Waals surface area contributed by atoms with Crippen LogP contribution in [0.15, 0.2) is 71.3 Å². The molecule has 1 aliphatic heterocycles. The van der Waals surface area contributed by atoms with E-state index in [-0.39, 0.29) is 17.4 Å². The van der Waals surface area contributed by atoms with Crippen molar-refractivity contribution in [2.75, 3.05) is 4.90 Å². The molecule has 2 amide bonds. The van der Waals surface area contributed by atoms with Gasteiger partial charge in [-0.25, -0.2) is 9.69 Å². The fraction of sp³-hybridized carbons (Fsp3) is 0.174. The molecule has 0 saturated heterocycles. The highest BCUT2D eigenvalue weighted by molar-refractivity contribution is 6.35. The molecule has 0 radical (unpaired) electrons. The van der Waals surface area contributed by atoms with Crippen LogP contribution in [0.2, 0.25) is 0 Å². The van der Waals surface area contributed by atoms with E-state index < -0.39 is 5.97 Å². The molecule has 0 saturated carbocycles. The van der Waals surface area contributed by atoms with Crippen molar-refractivity contribution < 1.29 is 19.1 Å². The first-order valence-electron chi connectivity index (χ1n) is 9.04. The number of amides is 2. The maximum absolute atomic E-state index is 13.0. The fourth-order valence-electron chi connectivity index (χ4n) is 3.59. The lowest BCUT2D eigenvalue weighted by atomic mass is 9.94. The lowest BCUT2D eigenvalue weighted by Gasteiger charge is -2.19. The summed E-state index contributed by atoms with van der Waals surface area (Å²) in [6.07, 6.45) is 2.98. The number of carbonyl (C=O) groups excluding carboxylic acids is 3. The third-order valence-electron chi connectivity index (χ3n) is 5.05. The summed E-state index contributed by atoms with van der Waals surface area (Å²) in [6, 6.07) is 10.5. The molecule has 4 rings (SSSR count). The standard InChI is InChI=1S/C23H19NO4/c1-13(2)23(27)28-20-11-10-19(15-6-4-5-7-16(15)20)24-21(25)17-9-8-14(3)12-18(17)22(24)26/h4-8,10-11H,1,9,12H2,2-3H3. The second-order valence-electron chi connectivity index (χ2n) is 7.13. The van der Waals surface area contributed by atoms with Gasteiger partial charge >= 0.3 is 5.97 Å². The summed E-state index contributed by atoms with van der Waals surface area (Å²) in [7, 11) is 0. The smallest absolute Gasteiger partial charge is 0.338 e. The van der Waals surface area contributed by atoms with Gasteiger partial charge in [-0.2, -0.15) is 0 Å². The van der Waals surface area contributed by atoms with Gasteiger partial charge in [0.05, 0.1) is 5.69 Å². The van der Waals surface area contributed by atoms with Crippen LogP contribution in [-0.4, -0.2) is 17.8 Å². The molecule has 0 unspecified atom stereocenters. The second-order valence-corrected chi connectivity index (χ2v) is 7.13. The Balaban J connectivity index is 1.79. The predicted octanol–water partition coefficient (Wildman–Crippen LogP) is 4.23. The van der Waals surface area contributed by atoms with E-state index in [9.17, 15) is 14.4 Å². The van der Waals surface area contributed by atoms with Crippen LogP contribution < -0.4 is 9.64 Å². The molecule has 0 atom stereocenters. The zero-order chi connectivity index (χ0) is 20.0. The first-order valence-corrected chi connectivity index (χ1v) is 9.04. The Bertz CT molecular complexity index is 1140. The van der Waals surface area contributed by atoms with Gasteiger partial charge in [0.25, 0.3) is 11.8 Å². The lowest BCUT2D eigenvalue weighted by Crippen LogP contribution is -2.31. The number of allylic oxidation sites excluding steroid dienone is 2. The van der Waals surface area contributed by atoms with Crippen molar-refractivity contribution in [3.05, 3.63) is 71.3 Å². The van der Waals surface area contributed by atoms with Crippen LogP contribution in [0.25, 0.3) is 10.8 Å². The molecule has 0 spiro atoms. The zero-order valence-electron chi connectivity index (χ0n) is 15.7. The Morgan fingerprint density at radius 1 is 1.04 bits per heavy atom. The number of carbonyl (C=O) groups is 3. The van der Waals surface area contributed by atoms with Gasteiger partial charge in [-0.3, -0.25) is 9.59 Å². The molecule has 0 N–H and O–H groups in total. The normalized spacial score (nSPS) is 16.4. The van der Waals surface area contributed by atoms with Crippen LogP contribution in [0.1, 0.15) is 26.7 Å². The van der Waals surface area contributed by atoms with Gasteiger partial charge in [0.15, 0.2) is 0 Å². The number of benzene rings is 2. The summed E-state index contributed by atoms with van der Waals surface area (Å²) in [5.41, 5.74) is 3.02. The summed E-state index contributed by atoms with van der Waals surface area (Å²) in [5, 5.41) is 1.31. The van der Waals surface area contributed by atoms with Gasteiger partial charge in [0.1, 0.15) is 5.75 Å². The summed E-state index contributed by atoms with van der Waals surface area (Å²) in [5.74, 6) is -0.712. The lowest BCUT2D eigenvalue weighted by molar-refractivity contribution is -0.130. The molecule has 5 heteroatoms. The van der Waals surface area contributed by atoms with Crippen LogP contribution >= 0.6 is 0 Å². The van der Waals surface area contributed by atoms with E-state index in [1.807, 2.05) is 31.2 Å². The van der Waals surface area contributed by atoms with E-state index in [0.29, 0.717) is 46.2 Å². The quantitative estimate of drug-likeness (QED) is 0.266. The monoisotopic (exact) mass is 373 g/mol. The molecule has 1 aliphatic carbocycles. The van der Waals surface area contributed by atoms with Crippen molar-refractivity contribution in [2.24, 2.45) is 0 Å². The largest absolute Gasteiger partial charge is 0.423 e. The van der Waals surface area contributed by atoms with Crippen molar-refractivity contribution in [2.45, 2.75) is 26.7 Å². The number of imide groups is 1. The van der Waals surface area contributed by atoms with Crippen molar-refractivity contribution >= 4 is 34.2 Å². The number of anilines is 1. The molecular weight excluding hydrogens is 354 g/mol. The van der Waals surface area contributed by atoms with Gasteiger partial charge in [-0.15, -0.1) is 0 Å². The zero-order valence-corrected chi connectivity index (χ0v) is 15.7. The number of nitrogens with zero attached hydrogens (tertiary/aromatic N) is 1. The number of fused-ring (bicyclic) bond motifs is 1. The van der Waals surface area contributed by atoms with Crippen LogP contribution in [0.4, 0.5) is 5.69 Å². The Morgan fingerprint density at radius 3 is 2.43 bits per heavy atom. The molecule has 2 aromatic carbocycles. The maximum Gasteiger partial charge on any atom is 0.338 e. The minimum atomic E-state index is -0.523. The minimum absolute atomic E-state index is 0.274. The van der Waals surface area contributed by atoms with E-state index in [0.717, 1.165) is 5.57 Å². The first-order chi connectivity index (χ1) is 13.4. The maximum atomic E-state index is 13.0. The van der Waals surface area contributed by atoms with Gasteiger partial charge in [-0.05, 0) is 38.8 Å². The van der Waals surface area contributed by atoms with Crippen LogP contribution in [0.3, 0.4) is 0 Å². The summed E-state index contributed by atoms with van der Waals surface area (Å²) >= 11 is 0. The molecule has 5 nitrogen and oxygen atoms in total. The summed E-state index contributed by atoms with van der Waals surface area (Å²) in [6.45, 7) is 7.14. The SMILES string of the molecule is C=C(C)C(=O)Oc1ccc(N2C(=O)C3=C(CC(C)=CC3)C2=O)c2ccccc12. The molecular formula is C23H19NO4. The highest BCUT2D eigenvalue weighted by atomic mass is 16.5. The number of ether oxygens (including phenoxy) is 1. The Hall–Kier alpha value is -3.47. The van der Waals surface area contributed by atoms with Crippen LogP contribution in [0.5, 0.6) is 5.75 Å². The van der Waals surface area contributed by atoms with E-state index in [4.69, 9.17) is 4.74 Å². The fourth-order valence-corrected chi connectivity index (χ4v) is 3.59. The van der Waals surface area contributed by atoms with E-state index in [1.165, 1.54) is 4.90 Å². The molecule has 2 aromatic rings. The van der Waals surface area contributed by atoms with Crippen molar-refractivity contribution in [3.8, 4) is 5.75 Å². The van der Waals surface area contributed by atoms with Crippen LogP contribution in [0, 0.1) is 0 Å². The Kier molecular flexibility index (Phi) is 4.23. The highest BCUT2D eigenvalue weighted by Gasteiger charge is 2.40. The average Bonchev–Trinajstić information content (AvgIpc) is 2.92. The number of hydrogen-bond donors (Lipinski definition) is 0. The Morgan fingerprint density at radius 2 is 1.71 bits per heavy atom. The number of rotatable bonds is 3. The summed E-state index contributed by atoms with van der Waals surface area (Å²) < 4.78 is 5.42. The molecule has 1 heterocycles. The topological polar surface area (TPSA) is 63.7 Å². The number of esters is 1. The molecule has 0 fully saturated rings. The average molecular weight is 373 g/mol. The van der Waals surface area contributed by atoms with E-state index in [1.54, 1.807) is 25.1 Å². The van der Waals surface area contributed by atoms with Gasteiger partial charge in [0.2, 0.25) is 0 Å². The predicted molar refractivity (Wildman–Crippen MR) is 107 cm³/mol. The molecule has 2 aliphatic rings. The van der Waals surface area contributed by atoms with Crippen molar-refractivity contribution in [1.29, 1.82) is 0 Å². The number of hydrogen-bond acceptors (Lipinski definition) is 4. The molecule has 0 bridgehead atoms. The van der Waals surface area contributed by atoms with E-state index >= 15 is 0 Å². The molecule has 28 heavy (non-hydrogen) atoms. The van der Waals surface area contributed by atoms with Crippen LogP contribution in [-0.2, 0) is 14.4 Å². The van der Waals surface area contributed by atoms with E-state index in [2.05, 4.69) is 6.58 Å². The molecule has 0 aromatic heterocycles. The third-order valence-corrected chi connectivity index (χ3v) is 5.05. The molecule has 140 valence electrons. The van der Waals surface area contributed by atoms with Gasteiger partial charge < -0.3 is 4.74 Å². The first kappa shape index (κ1) is 17.9. The van der Waals surface area contributed by atoms with Gasteiger partial charge in [0, 0.05) is 27.5 Å².